The van der Waals surface area contributed by atoms with E-state index in [0.717, 1.165) is 24.4 Å². The van der Waals surface area contributed by atoms with Crippen LogP contribution in [0.3, 0.4) is 0 Å². The molecule has 0 saturated heterocycles. The number of nitro groups is 1. The number of halogens is 5. The van der Waals surface area contributed by atoms with E-state index in [4.69, 9.17) is 4.74 Å². The van der Waals surface area contributed by atoms with E-state index in [0.29, 0.717) is 6.07 Å². The van der Waals surface area contributed by atoms with Crippen molar-refractivity contribution in [2.24, 2.45) is 7.05 Å². The molecule has 3 aromatic rings. The zero-order valence-corrected chi connectivity index (χ0v) is 16.3. The van der Waals surface area contributed by atoms with Crippen molar-refractivity contribution in [3.05, 3.63) is 75.6 Å². The summed E-state index contributed by atoms with van der Waals surface area (Å²) in [6.45, 7) is -0.517. The third-order valence-electron chi connectivity index (χ3n) is 4.12. The predicted molar refractivity (Wildman–Crippen MR) is 101 cm³/mol. The van der Waals surface area contributed by atoms with E-state index >= 15 is 0 Å². The van der Waals surface area contributed by atoms with Gasteiger partial charge in [-0.1, -0.05) is 6.07 Å². The molecular weight excluding hydrogens is 443 g/mol. The number of aromatic nitrogens is 2. The molecule has 0 fully saturated rings. The quantitative estimate of drug-likeness (QED) is 0.299. The fourth-order valence-corrected chi connectivity index (χ4v) is 2.72. The van der Waals surface area contributed by atoms with Gasteiger partial charge in [-0.3, -0.25) is 14.8 Å². The van der Waals surface area contributed by atoms with E-state index < -0.39 is 28.7 Å². The van der Waals surface area contributed by atoms with Crippen LogP contribution in [0.25, 0.3) is 0 Å². The Balaban J connectivity index is 1.74. The smallest absolute Gasteiger partial charge is 0.487 e. The van der Waals surface area contributed by atoms with Gasteiger partial charge in [0, 0.05) is 37.4 Å². The molecule has 0 amide bonds. The Morgan fingerprint density at radius 2 is 1.84 bits per heavy atom. The molecule has 0 aliphatic heterocycles. The van der Waals surface area contributed by atoms with E-state index in [1.165, 1.54) is 23.9 Å². The highest BCUT2D eigenvalue weighted by Gasteiger charge is 2.31. The van der Waals surface area contributed by atoms with Crippen molar-refractivity contribution < 1.29 is 36.3 Å². The first-order chi connectivity index (χ1) is 15.0. The number of nitrogens with zero attached hydrogens (tertiary/aromatic N) is 3. The normalized spacial score (nSPS) is 11.3. The Labute approximate surface area is 177 Å². The van der Waals surface area contributed by atoms with E-state index in [2.05, 4.69) is 15.2 Å². The Morgan fingerprint density at radius 3 is 2.44 bits per heavy atom. The number of hydrogen-bond acceptors (Lipinski definition) is 6. The highest BCUT2D eigenvalue weighted by Crippen LogP contribution is 2.31. The van der Waals surface area contributed by atoms with Crippen LogP contribution in [0.15, 0.2) is 42.6 Å². The van der Waals surface area contributed by atoms with Crippen LogP contribution in [0.2, 0.25) is 0 Å². The SMILES string of the molecule is Cn1cc(F)c(COc2ccc([N+](=O)[O-])c(NCc3ccc(OC(F)(F)F)cc3F)c2)n1. The first kappa shape index (κ1) is 22.8. The second-order valence-corrected chi connectivity index (χ2v) is 6.48. The van der Waals surface area contributed by atoms with Crippen molar-refractivity contribution in [3.63, 3.8) is 0 Å². The zero-order chi connectivity index (χ0) is 23.5. The number of alkyl halides is 3. The molecule has 2 aromatic carbocycles. The molecule has 32 heavy (non-hydrogen) atoms. The number of rotatable bonds is 8. The van der Waals surface area contributed by atoms with Crippen LogP contribution >= 0.6 is 0 Å². The maximum absolute atomic E-state index is 14.1. The summed E-state index contributed by atoms with van der Waals surface area (Å²) in [7, 11) is 1.53. The minimum absolute atomic E-state index is 0.0311. The van der Waals surface area contributed by atoms with Crippen molar-refractivity contribution in [2.75, 3.05) is 5.32 Å². The zero-order valence-electron chi connectivity index (χ0n) is 16.3. The topological polar surface area (TPSA) is 91.5 Å². The summed E-state index contributed by atoms with van der Waals surface area (Å²) in [6, 6.07) is 6.23. The largest absolute Gasteiger partial charge is 0.573 e. The van der Waals surface area contributed by atoms with Gasteiger partial charge in [0.05, 0.1) is 11.1 Å². The lowest BCUT2D eigenvalue weighted by molar-refractivity contribution is -0.384. The molecule has 0 spiro atoms. The molecule has 0 aliphatic carbocycles. The van der Waals surface area contributed by atoms with Crippen LogP contribution in [-0.2, 0) is 20.2 Å². The van der Waals surface area contributed by atoms with Gasteiger partial charge in [0.15, 0.2) is 5.82 Å². The maximum Gasteiger partial charge on any atom is 0.573 e. The number of anilines is 1. The van der Waals surface area contributed by atoms with Crippen molar-refractivity contribution in [1.29, 1.82) is 0 Å². The second kappa shape index (κ2) is 9.08. The molecule has 1 aromatic heterocycles. The number of nitrogens with one attached hydrogen (secondary N) is 1. The second-order valence-electron chi connectivity index (χ2n) is 6.48. The molecule has 170 valence electrons. The minimum Gasteiger partial charge on any atom is -0.487 e. The number of ether oxygens (including phenoxy) is 2. The number of aryl methyl sites for hydroxylation is 1. The van der Waals surface area contributed by atoms with Gasteiger partial charge in [-0.15, -0.1) is 13.2 Å². The molecule has 0 unspecified atom stereocenters. The molecule has 3 rings (SSSR count). The molecule has 0 atom stereocenters. The summed E-state index contributed by atoms with van der Waals surface area (Å²) in [5, 5.41) is 17.8. The summed E-state index contributed by atoms with van der Waals surface area (Å²) in [4.78, 5) is 10.6. The summed E-state index contributed by atoms with van der Waals surface area (Å²) >= 11 is 0. The first-order valence-electron chi connectivity index (χ1n) is 8.89. The molecule has 0 radical (unpaired) electrons. The van der Waals surface area contributed by atoms with Gasteiger partial charge >= 0.3 is 6.36 Å². The number of hydrogen-bond donors (Lipinski definition) is 1. The predicted octanol–water partition coefficient (Wildman–Crippen LogP) is 4.70. The molecular formula is C19H15F5N4O4. The Morgan fingerprint density at radius 1 is 1.12 bits per heavy atom. The van der Waals surface area contributed by atoms with E-state index in [9.17, 15) is 32.1 Å². The fraction of sp³-hybridized carbons (Fsp3) is 0.211. The summed E-state index contributed by atoms with van der Waals surface area (Å²) < 4.78 is 74.8. The molecule has 0 saturated carbocycles. The van der Waals surface area contributed by atoms with Gasteiger partial charge in [-0.2, -0.15) is 5.10 Å². The van der Waals surface area contributed by atoms with Crippen molar-refractivity contribution in [3.8, 4) is 11.5 Å². The average molecular weight is 458 g/mol. The van der Waals surface area contributed by atoms with Gasteiger partial charge in [0.25, 0.3) is 5.69 Å². The summed E-state index contributed by atoms with van der Waals surface area (Å²) in [6.07, 6.45) is -3.81. The lowest BCUT2D eigenvalue weighted by atomic mass is 10.2. The standard InChI is InChI=1S/C19H15F5N4O4/c1-27-9-15(21)17(26-27)10-31-12-4-5-18(28(29)30)16(7-12)25-8-11-2-3-13(6-14(11)20)32-19(22,23)24/h2-7,9,25H,8,10H2,1H3. The fourth-order valence-electron chi connectivity index (χ4n) is 2.72. The lowest BCUT2D eigenvalue weighted by Crippen LogP contribution is -2.17. The highest BCUT2D eigenvalue weighted by molar-refractivity contribution is 5.64. The maximum atomic E-state index is 14.1. The van der Waals surface area contributed by atoms with Crippen LogP contribution in [0.5, 0.6) is 11.5 Å². The molecule has 1 heterocycles. The van der Waals surface area contributed by atoms with Crippen LogP contribution in [-0.4, -0.2) is 21.1 Å². The monoisotopic (exact) mass is 458 g/mol. The molecule has 0 aliphatic rings. The van der Waals surface area contributed by atoms with Gasteiger partial charge in [-0.05, 0) is 12.1 Å². The number of benzene rings is 2. The van der Waals surface area contributed by atoms with Crippen molar-refractivity contribution in [1.82, 2.24) is 9.78 Å². The highest BCUT2D eigenvalue weighted by atomic mass is 19.4. The molecule has 1 N–H and O–H groups in total. The molecule has 13 heteroatoms. The lowest BCUT2D eigenvalue weighted by Gasteiger charge is -2.12. The summed E-state index contributed by atoms with van der Waals surface area (Å²) in [5.41, 5.74) is -0.415. The van der Waals surface area contributed by atoms with Crippen LogP contribution < -0.4 is 14.8 Å². The van der Waals surface area contributed by atoms with E-state index in [-0.39, 0.29) is 41.5 Å². The van der Waals surface area contributed by atoms with Crippen LogP contribution in [0.1, 0.15) is 11.3 Å². The van der Waals surface area contributed by atoms with E-state index in [1.54, 1.807) is 0 Å². The first-order valence-corrected chi connectivity index (χ1v) is 8.89. The Kier molecular flexibility index (Phi) is 6.46. The molecule has 0 bridgehead atoms. The van der Waals surface area contributed by atoms with Crippen LogP contribution in [0.4, 0.5) is 33.3 Å². The van der Waals surface area contributed by atoms with Crippen molar-refractivity contribution in [2.45, 2.75) is 19.5 Å². The third-order valence-corrected chi connectivity index (χ3v) is 4.12. The number of nitro benzene ring substituents is 1. The summed E-state index contributed by atoms with van der Waals surface area (Å²) in [5.74, 6) is -2.17. The Hall–Kier alpha value is -3.90. The Bertz CT molecular complexity index is 1130. The van der Waals surface area contributed by atoms with Crippen LogP contribution in [0, 0.1) is 21.7 Å². The van der Waals surface area contributed by atoms with Gasteiger partial charge in [0.2, 0.25) is 0 Å². The van der Waals surface area contributed by atoms with Gasteiger partial charge < -0.3 is 14.8 Å². The van der Waals surface area contributed by atoms with Gasteiger partial charge in [-0.25, -0.2) is 8.78 Å². The minimum atomic E-state index is -4.97. The van der Waals surface area contributed by atoms with Crippen molar-refractivity contribution >= 4 is 11.4 Å². The molecule has 8 nitrogen and oxygen atoms in total. The van der Waals surface area contributed by atoms with E-state index in [1.807, 2.05) is 0 Å². The average Bonchev–Trinajstić information content (AvgIpc) is 3.01. The third kappa shape index (κ3) is 5.83. The van der Waals surface area contributed by atoms with Gasteiger partial charge in [0.1, 0.15) is 35.3 Å².